The lowest BCUT2D eigenvalue weighted by Crippen LogP contribution is -2.47. The first-order valence-electron chi connectivity index (χ1n) is 11.2. The van der Waals surface area contributed by atoms with Crippen LogP contribution in [0.5, 0.6) is 5.75 Å². The number of hydrogen-bond acceptors (Lipinski definition) is 5. The lowest BCUT2D eigenvalue weighted by Gasteiger charge is -2.30. The van der Waals surface area contributed by atoms with Gasteiger partial charge in [-0.25, -0.2) is 9.80 Å². The van der Waals surface area contributed by atoms with Gasteiger partial charge in [0.25, 0.3) is 0 Å². The van der Waals surface area contributed by atoms with Gasteiger partial charge in [0.05, 0.1) is 25.3 Å². The van der Waals surface area contributed by atoms with Crippen molar-refractivity contribution < 1.29 is 9.53 Å². The summed E-state index contributed by atoms with van der Waals surface area (Å²) in [6.45, 7) is 1.93. The molecule has 6 nitrogen and oxygen atoms in total. The number of carbonyl (C=O) groups is 1. The van der Waals surface area contributed by atoms with Gasteiger partial charge in [0, 0.05) is 18.0 Å². The van der Waals surface area contributed by atoms with E-state index in [-0.39, 0.29) is 6.03 Å². The van der Waals surface area contributed by atoms with E-state index in [1.54, 1.807) is 18.2 Å². The summed E-state index contributed by atoms with van der Waals surface area (Å²) in [6, 6.07) is 21.7. The molecule has 170 valence electrons. The summed E-state index contributed by atoms with van der Waals surface area (Å²) in [5.74, 6) is 0.829. The van der Waals surface area contributed by atoms with Crippen LogP contribution in [0.15, 0.2) is 65.6 Å². The molecule has 1 saturated heterocycles. The van der Waals surface area contributed by atoms with Crippen molar-refractivity contribution in [3.05, 3.63) is 71.8 Å². The quantitative estimate of drug-likeness (QED) is 0.376. The summed E-state index contributed by atoms with van der Waals surface area (Å²) >= 11 is 1.41. The molecule has 33 heavy (non-hydrogen) atoms. The van der Waals surface area contributed by atoms with E-state index in [1.807, 2.05) is 47.4 Å². The van der Waals surface area contributed by atoms with E-state index in [0.717, 1.165) is 65.8 Å². The molecule has 0 bridgehead atoms. The molecule has 0 saturated carbocycles. The molecule has 1 aliphatic heterocycles. The maximum Gasteiger partial charge on any atom is 0.335 e. The van der Waals surface area contributed by atoms with Crippen molar-refractivity contribution in [1.29, 1.82) is 5.26 Å². The Morgan fingerprint density at radius 2 is 1.82 bits per heavy atom. The van der Waals surface area contributed by atoms with E-state index in [9.17, 15) is 10.1 Å². The van der Waals surface area contributed by atoms with Gasteiger partial charge < -0.3 is 9.64 Å². The minimum Gasteiger partial charge on any atom is -0.497 e. The Labute approximate surface area is 199 Å². The zero-order valence-electron chi connectivity index (χ0n) is 18.8. The average Bonchev–Trinajstić information content (AvgIpc) is 3.15. The van der Waals surface area contributed by atoms with Crippen LogP contribution in [0.2, 0.25) is 0 Å². The fraction of sp³-hybridized carbons (Fsp3) is 0.308. The fourth-order valence-corrected chi connectivity index (χ4v) is 4.67. The highest BCUT2D eigenvalue weighted by atomic mass is 32.2. The lowest BCUT2D eigenvalue weighted by molar-refractivity contribution is 0.144. The molecule has 0 unspecified atom stereocenters. The minimum atomic E-state index is -0.0303. The predicted octanol–water partition coefficient (Wildman–Crippen LogP) is 5.73. The van der Waals surface area contributed by atoms with Crippen LogP contribution in [-0.2, 0) is 6.54 Å². The second-order valence-electron chi connectivity index (χ2n) is 8.15. The normalized spacial score (nSPS) is 13.9. The predicted molar refractivity (Wildman–Crippen MR) is 132 cm³/mol. The Morgan fingerprint density at radius 1 is 1.06 bits per heavy atom. The van der Waals surface area contributed by atoms with Crippen LogP contribution in [0, 0.1) is 11.3 Å². The standard InChI is InChI=1S/C26H28N4O2S/c1-32-24-11-9-23-17-25(12-10-22(23)16-24)33-28-30(19-21-8-6-7-20(15-21)18-27)26(31)29-13-4-2-3-5-14-29/h6-12,15-17,28H,2-5,13-14,19H2,1H3. The molecule has 0 aromatic heterocycles. The number of amides is 2. The molecular formula is C26H28N4O2S. The van der Waals surface area contributed by atoms with Crippen LogP contribution < -0.4 is 9.57 Å². The molecule has 0 radical (unpaired) electrons. The monoisotopic (exact) mass is 460 g/mol. The highest BCUT2D eigenvalue weighted by molar-refractivity contribution is 7.97. The van der Waals surface area contributed by atoms with Gasteiger partial charge in [-0.1, -0.05) is 37.1 Å². The van der Waals surface area contributed by atoms with Gasteiger partial charge in [-0.15, -0.1) is 0 Å². The van der Waals surface area contributed by atoms with Crippen molar-refractivity contribution in [2.45, 2.75) is 37.1 Å². The zero-order valence-corrected chi connectivity index (χ0v) is 19.6. The number of likely N-dealkylation sites (tertiary alicyclic amines) is 1. The highest BCUT2D eigenvalue weighted by Crippen LogP contribution is 2.26. The summed E-state index contributed by atoms with van der Waals surface area (Å²) in [6.07, 6.45) is 4.39. The average molecular weight is 461 g/mol. The molecule has 0 spiro atoms. The van der Waals surface area contributed by atoms with Crippen molar-refractivity contribution in [1.82, 2.24) is 14.7 Å². The molecule has 4 rings (SSSR count). The minimum absolute atomic E-state index is 0.0303. The topological polar surface area (TPSA) is 68.6 Å². The number of urea groups is 1. The van der Waals surface area contributed by atoms with E-state index < -0.39 is 0 Å². The molecule has 3 aromatic carbocycles. The zero-order chi connectivity index (χ0) is 23.0. The van der Waals surface area contributed by atoms with Crippen LogP contribution >= 0.6 is 11.9 Å². The van der Waals surface area contributed by atoms with Gasteiger partial charge in [0.15, 0.2) is 0 Å². The van der Waals surface area contributed by atoms with Crippen LogP contribution in [0.4, 0.5) is 4.79 Å². The number of carbonyl (C=O) groups excluding carboxylic acids is 1. The third-order valence-corrected chi connectivity index (χ3v) is 6.60. The molecule has 1 fully saturated rings. The number of nitriles is 1. The summed E-state index contributed by atoms with van der Waals surface area (Å²) < 4.78 is 5.31. The van der Waals surface area contributed by atoms with Crippen LogP contribution in [-0.4, -0.2) is 36.1 Å². The van der Waals surface area contributed by atoms with Gasteiger partial charge >= 0.3 is 6.03 Å². The van der Waals surface area contributed by atoms with E-state index in [0.29, 0.717) is 12.1 Å². The Hall–Kier alpha value is -3.21. The second-order valence-corrected chi connectivity index (χ2v) is 9.01. The Bertz CT molecular complexity index is 1150. The van der Waals surface area contributed by atoms with Gasteiger partial charge in [-0.2, -0.15) is 10.1 Å². The first kappa shape index (κ1) is 23.0. The number of rotatable bonds is 6. The van der Waals surface area contributed by atoms with Gasteiger partial charge in [0.1, 0.15) is 5.75 Å². The number of methoxy groups -OCH3 is 1. The molecule has 1 N–H and O–H groups in total. The number of fused-ring (bicyclic) bond motifs is 1. The van der Waals surface area contributed by atoms with E-state index in [4.69, 9.17) is 4.74 Å². The first-order chi connectivity index (χ1) is 16.2. The highest BCUT2D eigenvalue weighted by Gasteiger charge is 2.22. The van der Waals surface area contributed by atoms with E-state index in [2.05, 4.69) is 23.0 Å². The van der Waals surface area contributed by atoms with Crippen molar-refractivity contribution in [3.8, 4) is 11.8 Å². The van der Waals surface area contributed by atoms with Crippen LogP contribution in [0.3, 0.4) is 0 Å². The van der Waals surface area contributed by atoms with Gasteiger partial charge in [0.2, 0.25) is 0 Å². The van der Waals surface area contributed by atoms with Crippen molar-refractivity contribution in [3.63, 3.8) is 0 Å². The molecule has 1 aliphatic rings. The van der Waals surface area contributed by atoms with E-state index >= 15 is 0 Å². The Balaban J connectivity index is 1.52. The van der Waals surface area contributed by atoms with Crippen LogP contribution in [0.25, 0.3) is 10.8 Å². The van der Waals surface area contributed by atoms with Gasteiger partial charge in [-0.3, -0.25) is 0 Å². The number of hydrazine groups is 1. The molecule has 7 heteroatoms. The number of nitrogens with zero attached hydrogens (tertiary/aromatic N) is 3. The Morgan fingerprint density at radius 3 is 2.58 bits per heavy atom. The largest absolute Gasteiger partial charge is 0.497 e. The number of nitrogens with one attached hydrogen (secondary N) is 1. The molecule has 3 aromatic rings. The lowest BCUT2D eigenvalue weighted by atomic mass is 10.1. The third-order valence-electron chi connectivity index (χ3n) is 5.80. The number of hydrogen-bond donors (Lipinski definition) is 1. The number of benzene rings is 3. The number of ether oxygens (including phenoxy) is 1. The summed E-state index contributed by atoms with van der Waals surface area (Å²) in [4.78, 5) is 19.6. The maximum absolute atomic E-state index is 13.4. The van der Waals surface area contributed by atoms with E-state index in [1.165, 1.54) is 11.9 Å². The first-order valence-corrected chi connectivity index (χ1v) is 12.0. The van der Waals surface area contributed by atoms with Crippen molar-refractivity contribution in [2.24, 2.45) is 0 Å². The van der Waals surface area contributed by atoms with Crippen LogP contribution in [0.1, 0.15) is 36.8 Å². The van der Waals surface area contributed by atoms with Gasteiger partial charge in [-0.05, 0) is 77.5 Å². The smallest absolute Gasteiger partial charge is 0.335 e. The molecule has 2 amide bonds. The van der Waals surface area contributed by atoms with Crippen molar-refractivity contribution in [2.75, 3.05) is 20.2 Å². The van der Waals surface area contributed by atoms with Crippen molar-refractivity contribution >= 4 is 28.8 Å². The third kappa shape index (κ3) is 5.98. The molecule has 1 heterocycles. The summed E-state index contributed by atoms with van der Waals surface area (Å²) in [5, 5.41) is 13.1. The maximum atomic E-state index is 13.4. The Kier molecular flexibility index (Phi) is 7.71. The second kappa shape index (κ2) is 11.1. The SMILES string of the molecule is COc1ccc2cc(SNN(Cc3cccc(C#N)c3)C(=O)N3CCCCCC3)ccc2c1. The summed E-state index contributed by atoms with van der Waals surface area (Å²) in [7, 11) is 1.66. The fourth-order valence-electron chi connectivity index (χ4n) is 3.99. The molecule has 0 aliphatic carbocycles. The molecular weight excluding hydrogens is 432 g/mol. The molecule has 0 atom stereocenters. The summed E-state index contributed by atoms with van der Waals surface area (Å²) in [5.41, 5.74) is 1.50.